The van der Waals surface area contributed by atoms with Crippen LogP contribution < -0.4 is 4.74 Å². The van der Waals surface area contributed by atoms with Gasteiger partial charge < -0.3 is 24.6 Å². The smallest absolute Gasteiger partial charge is 0.303 e. The number of methoxy groups -OCH3 is 1. The van der Waals surface area contributed by atoms with Crippen LogP contribution in [0, 0.1) is 22.9 Å². The van der Waals surface area contributed by atoms with E-state index in [1.807, 2.05) is 24.4 Å². The largest absolute Gasteiger partial charge is 0.497 e. The molecule has 0 spiro atoms. The van der Waals surface area contributed by atoms with E-state index in [9.17, 15) is 28.2 Å². The van der Waals surface area contributed by atoms with Crippen molar-refractivity contribution in [3.8, 4) is 5.75 Å². The Labute approximate surface area is 261 Å². The molecule has 2 N–H and O–H groups in total. The third-order valence-corrected chi connectivity index (χ3v) is 9.40. The average molecular weight is 630 g/mol. The SMILES string of the molecule is COc1ccc2ncc(CN3CCOCC3)c([C@@H](O)CCC3(CC(=O)O)CCN(CCCc4cc(F)c(F)c(F)c4)CC3)c2c1. The van der Waals surface area contributed by atoms with Gasteiger partial charge in [0.05, 0.1) is 38.4 Å². The molecule has 0 aliphatic carbocycles. The first-order valence-electron chi connectivity index (χ1n) is 15.7. The van der Waals surface area contributed by atoms with E-state index >= 15 is 0 Å². The number of hydrogen-bond donors (Lipinski definition) is 2. The lowest BCUT2D eigenvalue weighted by Crippen LogP contribution is -2.41. The second kappa shape index (κ2) is 14.9. The summed E-state index contributed by atoms with van der Waals surface area (Å²) in [5.41, 5.74) is 2.45. The quantitative estimate of drug-likeness (QED) is 0.240. The number of piperidine rings is 1. The molecule has 2 saturated heterocycles. The molecule has 5 rings (SSSR count). The molecule has 2 aliphatic heterocycles. The number of morpholine rings is 1. The lowest BCUT2D eigenvalue weighted by atomic mass is 9.71. The van der Waals surface area contributed by atoms with Gasteiger partial charge in [-0.1, -0.05) is 0 Å². The van der Waals surface area contributed by atoms with E-state index in [4.69, 9.17) is 9.47 Å². The van der Waals surface area contributed by atoms with Crippen LogP contribution in [0.15, 0.2) is 36.5 Å². The van der Waals surface area contributed by atoms with Gasteiger partial charge in [-0.25, -0.2) is 13.2 Å². The van der Waals surface area contributed by atoms with Crippen molar-refractivity contribution >= 4 is 16.9 Å². The Morgan fingerprint density at radius 2 is 1.78 bits per heavy atom. The van der Waals surface area contributed by atoms with Crippen LogP contribution in [-0.4, -0.2) is 84.0 Å². The number of carboxylic acids is 1. The Kier molecular flexibility index (Phi) is 11.0. The predicted octanol–water partition coefficient (Wildman–Crippen LogP) is 5.50. The fourth-order valence-corrected chi connectivity index (χ4v) is 6.81. The maximum atomic E-state index is 13.6. The molecular weight excluding hydrogens is 587 g/mol. The molecular formula is C34H42F3N3O5. The number of ether oxygens (including phenoxy) is 2. The van der Waals surface area contributed by atoms with Crippen LogP contribution in [0.3, 0.4) is 0 Å². The number of nitrogens with zero attached hydrogens (tertiary/aromatic N) is 3. The van der Waals surface area contributed by atoms with Gasteiger partial charge in [-0.05, 0) is 111 Å². The third-order valence-electron chi connectivity index (χ3n) is 9.40. The van der Waals surface area contributed by atoms with Crippen LogP contribution in [0.25, 0.3) is 10.9 Å². The van der Waals surface area contributed by atoms with Crippen molar-refractivity contribution in [1.29, 1.82) is 0 Å². The van der Waals surface area contributed by atoms with Gasteiger partial charge in [-0.2, -0.15) is 0 Å². The van der Waals surface area contributed by atoms with Crippen molar-refractivity contribution in [3.63, 3.8) is 0 Å². The first-order chi connectivity index (χ1) is 21.7. The molecule has 0 radical (unpaired) electrons. The summed E-state index contributed by atoms with van der Waals surface area (Å²) in [4.78, 5) is 21.2. The van der Waals surface area contributed by atoms with Crippen LogP contribution in [0.4, 0.5) is 13.2 Å². The molecule has 0 unspecified atom stereocenters. The van der Waals surface area contributed by atoms with Gasteiger partial charge in [0.15, 0.2) is 17.5 Å². The molecule has 244 valence electrons. The zero-order valence-corrected chi connectivity index (χ0v) is 25.7. The van der Waals surface area contributed by atoms with E-state index < -0.39 is 34.9 Å². The number of aromatic nitrogens is 1. The number of likely N-dealkylation sites (tertiary alicyclic amines) is 1. The predicted molar refractivity (Wildman–Crippen MR) is 164 cm³/mol. The zero-order valence-electron chi connectivity index (χ0n) is 25.7. The molecule has 1 atom stereocenters. The van der Waals surface area contributed by atoms with Gasteiger partial charge in [0.2, 0.25) is 0 Å². The Balaban J connectivity index is 1.26. The minimum absolute atomic E-state index is 0.0211. The molecule has 3 heterocycles. The fraction of sp³-hybridized carbons (Fsp3) is 0.529. The summed E-state index contributed by atoms with van der Waals surface area (Å²) < 4.78 is 51.4. The molecule has 0 amide bonds. The van der Waals surface area contributed by atoms with Crippen LogP contribution in [0.5, 0.6) is 5.75 Å². The van der Waals surface area contributed by atoms with Crippen LogP contribution in [-0.2, 0) is 22.5 Å². The number of aliphatic hydroxyl groups excluding tert-OH is 1. The summed E-state index contributed by atoms with van der Waals surface area (Å²) in [7, 11) is 1.60. The number of aliphatic hydroxyl groups is 1. The van der Waals surface area contributed by atoms with Crippen molar-refractivity contribution in [2.75, 3.05) is 53.0 Å². The van der Waals surface area contributed by atoms with E-state index in [0.29, 0.717) is 89.2 Å². The van der Waals surface area contributed by atoms with Gasteiger partial charge in [0, 0.05) is 31.2 Å². The average Bonchev–Trinajstić information content (AvgIpc) is 3.03. The summed E-state index contributed by atoms with van der Waals surface area (Å²) in [6.07, 6.45) is 4.37. The third kappa shape index (κ3) is 8.32. The number of aryl methyl sites for hydroxylation is 1. The Hall–Kier alpha value is -3.25. The minimum Gasteiger partial charge on any atom is -0.497 e. The molecule has 1 aromatic heterocycles. The first kappa shape index (κ1) is 33.1. The normalized spacial score (nSPS) is 18.2. The van der Waals surface area contributed by atoms with E-state index in [2.05, 4.69) is 14.8 Å². The Bertz CT molecular complexity index is 1450. The number of rotatable bonds is 13. The van der Waals surface area contributed by atoms with Crippen molar-refractivity contribution < 1.29 is 37.7 Å². The van der Waals surface area contributed by atoms with E-state index in [1.54, 1.807) is 7.11 Å². The van der Waals surface area contributed by atoms with Crippen molar-refractivity contribution in [1.82, 2.24) is 14.8 Å². The van der Waals surface area contributed by atoms with E-state index in [1.165, 1.54) is 0 Å². The van der Waals surface area contributed by atoms with Gasteiger partial charge in [-0.15, -0.1) is 0 Å². The summed E-state index contributed by atoms with van der Waals surface area (Å²) >= 11 is 0. The highest BCUT2D eigenvalue weighted by molar-refractivity contribution is 5.85. The Morgan fingerprint density at radius 1 is 1.07 bits per heavy atom. The maximum absolute atomic E-state index is 13.6. The standard InChI is InChI=1S/C34H42F3N3O5/c1-44-25-4-5-29-26(19-25)32(24(21-38-29)22-40-13-15-45-16-14-40)30(41)6-7-34(20-31(42)43)8-11-39(12-9-34)10-2-3-23-17-27(35)33(37)28(36)18-23/h4-5,17-19,21,30,41H,2-3,6-16,20,22H2,1H3,(H,42,43)/t30-/m0/s1. The molecule has 0 saturated carbocycles. The molecule has 2 fully saturated rings. The fourth-order valence-electron chi connectivity index (χ4n) is 6.81. The lowest BCUT2D eigenvalue weighted by Gasteiger charge is -2.42. The second-order valence-electron chi connectivity index (χ2n) is 12.4. The molecule has 3 aromatic rings. The zero-order chi connectivity index (χ0) is 32.0. The topological polar surface area (TPSA) is 95.4 Å². The van der Waals surface area contributed by atoms with E-state index in [-0.39, 0.29) is 6.42 Å². The van der Waals surface area contributed by atoms with Gasteiger partial charge in [-0.3, -0.25) is 14.7 Å². The molecule has 11 heteroatoms. The minimum atomic E-state index is -1.46. The summed E-state index contributed by atoms with van der Waals surface area (Å²) in [5, 5.41) is 22.4. The first-order valence-corrected chi connectivity index (χ1v) is 15.7. The highest BCUT2D eigenvalue weighted by Gasteiger charge is 2.37. The number of carbonyl (C=O) groups is 1. The monoisotopic (exact) mass is 629 g/mol. The summed E-state index contributed by atoms with van der Waals surface area (Å²) in [6, 6.07) is 7.70. The number of fused-ring (bicyclic) bond motifs is 1. The molecule has 8 nitrogen and oxygen atoms in total. The van der Waals surface area contributed by atoms with E-state index in [0.717, 1.165) is 47.3 Å². The number of benzene rings is 2. The highest BCUT2D eigenvalue weighted by Crippen LogP contribution is 2.42. The van der Waals surface area contributed by atoms with Crippen molar-refractivity contribution in [3.05, 3.63) is 70.7 Å². The number of aliphatic carboxylic acids is 1. The van der Waals surface area contributed by atoms with Gasteiger partial charge in [0.1, 0.15) is 5.75 Å². The van der Waals surface area contributed by atoms with Crippen molar-refractivity contribution in [2.24, 2.45) is 5.41 Å². The number of carboxylic acid groups (broad SMARTS) is 1. The highest BCUT2D eigenvalue weighted by atomic mass is 19.2. The molecule has 2 aliphatic rings. The van der Waals surface area contributed by atoms with Crippen LogP contribution in [0.1, 0.15) is 61.3 Å². The van der Waals surface area contributed by atoms with Crippen LogP contribution in [0.2, 0.25) is 0 Å². The second-order valence-corrected chi connectivity index (χ2v) is 12.4. The number of hydrogen-bond acceptors (Lipinski definition) is 7. The summed E-state index contributed by atoms with van der Waals surface area (Å²) in [5.74, 6) is -4.01. The number of halogens is 3. The Morgan fingerprint density at radius 3 is 2.44 bits per heavy atom. The van der Waals surface area contributed by atoms with Gasteiger partial charge >= 0.3 is 5.97 Å². The molecule has 0 bridgehead atoms. The lowest BCUT2D eigenvalue weighted by molar-refractivity contribution is -0.141. The molecule has 2 aromatic carbocycles. The summed E-state index contributed by atoms with van der Waals surface area (Å²) in [6.45, 7) is 5.59. The van der Waals surface area contributed by atoms with Crippen molar-refractivity contribution in [2.45, 2.75) is 57.6 Å². The maximum Gasteiger partial charge on any atom is 0.303 e. The van der Waals surface area contributed by atoms with Crippen LogP contribution >= 0.6 is 0 Å². The molecule has 45 heavy (non-hydrogen) atoms. The van der Waals surface area contributed by atoms with Gasteiger partial charge in [0.25, 0.3) is 0 Å². The number of pyridine rings is 1.